The molecule has 1 aliphatic heterocycles. The van der Waals surface area contributed by atoms with Crippen LogP contribution in [0.15, 0.2) is 16.8 Å². The van der Waals surface area contributed by atoms with Crippen molar-refractivity contribution in [2.24, 2.45) is 0 Å². The van der Waals surface area contributed by atoms with E-state index in [0.717, 1.165) is 5.56 Å². The van der Waals surface area contributed by atoms with E-state index in [0.29, 0.717) is 32.9 Å². The second-order valence-electron chi connectivity index (χ2n) is 4.03. The van der Waals surface area contributed by atoms with Gasteiger partial charge in [0.1, 0.15) is 6.17 Å². The molecular formula is C12H18N2O3S. The molecule has 1 unspecified atom stereocenters. The number of nitrogens with zero attached hydrogens (tertiary/aromatic N) is 1. The summed E-state index contributed by atoms with van der Waals surface area (Å²) in [5, 5.41) is 7.30. The van der Waals surface area contributed by atoms with Gasteiger partial charge in [0.05, 0.1) is 26.4 Å². The molecule has 1 aromatic rings. The summed E-state index contributed by atoms with van der Waals surface area (Å²) in [6, 6.07) is 2.04. The predicted octanol–water partition coefficient (Wildman–Crippen LogP) is 0.842. The SMILES string of the molecule is COCCOCCN1C(=O)CNC1c1ccsc1. The number of nitrogens with one attached hydrogen (secondary N) is 1. The minimum atomic E-state index is -0.00484. The molecule has 0 aliphatic carbocycles. The summed E-state index contributed by atoms with van der Waals surface area (Å²) < 4.78 is 10.3. The van der Waals surface area contributed by atoms with E-state index in [1.165, 1.54) is 0 Å². The molecule has 5 nitrogen and oxygen atoms in total. The van der Waals surface area contributed by atoms with E-state index in [-0.39, 0.29) is 12.1 Å². The summed E-state index contributed by atoms with van der Waals surface area (Å²) in [4.78, 5) is 13.6. The molecule has 1 aliphatic rings. The van der Waals surface area contributed by atoms with Crippen LogP contribution in [0.3, 0.4) is 0 Å². The van der Waals surface area contributed by atoms with Gasteiger partial charge >= 0.3 is 0 Å². The summed E-state index contributed by atoms with van der Waals surface area (Å²) in [6.45, 7) is 2.70. The largest absolute Gasteiger partial charge is 0.382 e. The summed E-state index contributed by atoms with van der Waals surface area (Å²) in [5.74, 6) is 0.126. The Balaban J connectivity index is 1.82. The molecule has 1 N–H and O–H groups in total. The van der Waals surface area contributed by atoms with Crippen LogP contribution in [0.2, 0.25) is 0 Å². The standard InChI is InChI=1S/C12H18N2O3S/c1-16-5-6-17-4-3-14-11(15)8-13-12(14)10-2-7-18-9-10/h2,7,9,12-13H,3-6,8H2,1H3. The van der Waals surface area contributed by atoms with E-state index < -0.39 is 0 Å². The van der Waals surface area contributed by atoms with Gasteiger partial charge in [0.2, 0.25) is 5.91 Å². The molecule has 0 aromatic carbocycles. The molecule has 2 rings (SSSR count). The molecule has 0 bridgehead atoms. The van der Waals surface area contributed by atoms with Crippen molar-refractivity contribution in [3.8, 4) is 0 Å². The molecule has 2 heterocycles. The average Bonchev–Trinajstić information content (AvgIpc) is 2.99. The van der Waals surface area contributed by atoms with Crippen LogP contribution in [0.25, 0.3) is 0 Å². The first-order chi connectivity index (χ1) is 8.83. The number of carbonyl (C=O) groups excluding carboxylic acids is 1. The number of amides is 1. The van der Waals surface area contributed by atoms with E-state index in [1.54, 1.807) is 18.4 Å². The summed E-state index contributed by atoms with van der Waals surface area (Å²) in [6.07, 6.45) is -0.00484. The van der Waals surface area contributed by atoms with Gasteiger partial charge < -0.3 is 14.4 Å². The lowest BCUT2D eigenvalue weighted by molar-refractivity contribution is -0.128. The van der Waals surface area contributed by atoms with Crippen LogP contribution >= 0.6 is 11.3 Å². The lowest BCUT2D eigenvalue weighted by Crippen LogP contribution is -2.33. The van der Waals surface area contributed by atoms with E-state index in [9.17, 15) is 4.79 Å². The first kappa shape index (κ1) is 13.5. The quantitative estimate of drug-likeness (QED) is 0.746. The van der Waals surface area contributed by atoms with Crippen molar-refractivity contribution in [2.45, 2.75) is 6.17 Å². The van der Waals surface area contributed by atoms with Crippen LogP contribution in [0, 0.1) is 0 Å². The highest BCUT2D eigenvalue weighted by Crippen LogP contribution is 2.23. The second kappa shape index (κ2) is 6.84. The van der Waals surface area contributed by atoms with Crippen molar-refractivity contribution in [2.75, 3.05) is 40.0 Å². The zero-order valence-corrected chi connectivity index (χ0v) is 11.2. The zero-order chi connectivity index (χ0) is 12.8. The molecular weight excluding hydrogens is 252 g/mol. The predicted molar refractivity (Wildman–Crippen MR) is 69.5 cm³/mol. The first-order valence-corrected chi connectivity index (χ1v) is 6.89. The Labute approximate surface area is 111 Å². The number of ether oxygens (including phenoxy) is 2. The third kappa shape index (κ3) is 3.29. The Morgan fingerprint density at radius 2 is 2.39 bits per heavy atom. The second-order valence-corrected chi connectivity index (χ2v) is 4.81. The molecule has 6 heteroatoms. The molecule has 0 saturated carbocycles. The van der Waals surface area contributed by atoms with Crippen LogP contribution < -0.4 is 5.32 Å². The number of hydrogen-bond donors (Lipinski definition) is 1. The summed E-state index contributed by atoms with van der Waals surface area (Å²) in [5.41, 5.74) is 1.14. The van der Waals surface area contributed by atoms with Gasteiger partial charge in [-0.3, -0.25) is 10.1 Å². The van der Waals surface area contributed by atoms with Crippen molar-refractivity contribution < 1.29 is 14.3 Å². The Bertz CT molecular complexity index is 369. The molecule has 1 fully saturated rings. The Hall–Kier alpha value is -0.950. The fraction of sp³-hybridized carbons (Fsp3) is 0.583. The maximum Gasteiger partial charge on any atom is 0.238 e. The van der Waals surface area contributed by atoms with Gasteiger partial charge in [-0.05, 0) is 22.4 Å². The zero-order valence-electron chi connectivity index (χ0n) is 10.4. The lowest BCUT2D eigenvalue weighted by Gasteiger charge is -2.23. The number of rotatable bonds is 7. The molecule has 0 spiro atoms. The minimum absolute atomic E-state index is 0.00484. The van der Waals surface area contributed by atoms with Crippen molar-refractivity contribution in [1.29, 1.82) is 0 Å². The summed E-state index contributed by atoms with van der Waals surface area (Å²) in [7, 11) is 1.64. The fourth-order valence-electron chi connectivity index (χ4n) is 1.93. The number of methoxy groups -OCH3 is 1. The van der Waals surface area contributed by atoms with Gasteiger partial charge in [-0.1, -0.05) is 0 Å². The molecule has 1 aromatic heterocycles. The van der Waals surface area contributed by atoms with Crippen LogP contribution in [-0.4, -0.2) is 50.8 Å². The highest BCUT2D eigenvalue weighted by atomic mass is 32.1. The molecule has 1 saturated heterocycles. The van der Waals surface area contributed by atoms with Crippen molar-refractivity contribution in [3.63, 3.8) is 0 Å². The smallest absolute Gasteiger partial charge is 0.238 e. The first-order valence-electron chi connectivity index (χ1n) is 5.94. The van der Waals surface area contributed by atoms with Gasteiger partial charge in [-0.15, -0.1) is 0 Å². The third-order valence-corrected chi connectivity index (χ3v) is 3.55. The van der Waals surface area contributed by atoms with Crippen LogP contribution in [0.4, 0.5) is 0 Å². The van der Waals surface area contributed by atoms with Crippen LogP contribution in [0.5, 0.6) is 0 Å². The highest BCUT2D eigenvalue weighted by molar-refractivity contribution is 7.07. The topological polar surface area (TPSA) is 50.8 Å². The maximum atomic E-state index is 11.8. The molecule has 1 atom stereocenters. The van der Waals surface area contributed by atoms with E-state index in [1.807, 2.05) is 16.3 Å². The van der Waals surface area contributed by atoms with Crippen LogP contribution in [0.1, 0.15) is 11.7 Å². The van der Waals surface area contributed by atoms with E-state index in [4.69, 9.17) is 9.47 Å². The van der Waals surface area contributed by atoms with E-state index >= 15 is 0 Å². The Morgan fingerprint density at radius 3 is 3.11 bits per heavy atom. The molecule has 100 valence electrons. The maximum absolute atomic E-state index is 11.8. The van der Waals surface area contributed by atoms with Crippen molar-refractivity contribution >= 4 is 17.2 Å². The number of carbonyl (C=O) groups is 1. The Morgan fingerprint density at radius 1 is 1.50 bits per heavy atom. The Kier molecular flexibility index (Phi) is 5.12. The molecule has 18 heavy (non-hydrogen) atoms. The van der Waals surface area contributed by atoms with Crippen molar-refractivity contribution in [1.82, 2.24) is 10.2 Å². The van der Waals surface area contributed by atoms with Crippen LogP contribution in [-0.2, 0) is 14.3 Å². The monoisotopic (exact) mass is 270 g/mol. The number of thiophene rings is 1. The van der Waals surface area contributed by atoms with Crippen molar-refractivity contribution in [3.05, 3.63) is 22.4 Å². The highest BCUT2D eigenvalue weighted by Gasteiger charge is 2.31. The molecule has 0 radical (unpaired) electrons. The van der Waals surface area contributed by atoms with E-state index in [2.05, 4.69) is 10.7 Å². The average molecular weight is 270 g/mol. The fourth-order valence-corrected chi connectivity index (χ4v) is 2.61. The number of hydrogen-bond acceptors (Lipinski definition) is 5. The van der Waals surface area contributed by atoms with Gasteiger partial charge in [0.25, 0.3) is 0 Å². The molecule has 1 amide bonds. The van der Waals surface area contributed by atoms with Gasteiger partial charge in [0, 0.05) is 13.7 Å². The third-order valence-electron chi connectivity index (χ3n) is 2.85. The summed E-state index contributed by atoms with van der Waals surface area (Å²) >= 11 is 1.64. The minimum Gasteiger partial charge on any atom is -0.382 e. The normalized spacial score (nSPS) is 19.7. The van der Waals surface area contributed by atoms with Gasteiger partial charge in [0.15, 0.2) is 0 Å². The van der Waals surface area contributed by atoms with Gasteiger partial charge in [-0.2, -0.15) is 11.3 Å². The lowest BCUT2D eigenvalue weighted by atomic mass is 10.2. The van der Waals surface area contributed by atoms with Gasteiger partial charge in [-0.25, -0.2) is 0 Å².